The van der Waals surface area contributed by atoms with Crippen molar-refractivity contribution >= 4 is 0 Å². The molecule has 1 fully saturated rings. The molecule has 0 bridgehead atoms. The molecular formula is C26H37F2N. The number of benzene rings is 1. The quantitative estimate of drug-likeness (QED) is 0.402. The minimum Gasteiger partial charge on any atom is -0.380 e. The summed E-state index contributed by atoms with van der Waals surface area (Å²) < 4.78 is 29.1. The zero-order valence-electron chi connectivity index (χ0n) is 18.6. The first-order valence-corrected chi connectivity index (χ1v) is 11.0. The Kier molecular flexibility index (Phi) is 8.24. The summed E-state index contributed by atoms with van der Waals surface area (Å²) in [4.78, 5) is 0. The van der Waals surface area contributed by atoms with E-state index in [2.05, 4.69) is 24.6 Å². The molecule has 160 valence electrons. The van der Waals surface area contributed by atoms with Crippen LogP contribution in [-0.4, -0.2) is 5.54 Å². The first-order chi connectivity index (χ1) is 13.6. The van der Waals surface area contributed by atoms with Gasteiger partial charge in [-0.2, -0.15) is 0 Å². The molecule has 3 heteroatoms. The van der Waals surface area contributed by atoms with Crippen molar-refractivity contribution in [3.05, 3.63) is 71.0 Å². The second-order valence-electron chi connectivity index (χ2n) is 9.18. The highest BCUT2D eigenvalue weighted by atomic mass is 19.2. The van der Waals surface area contributed by atoms with Crippen LogP contribution >= 0.6 is 0 Å². The van der Waals surface area contributed by atoms with Gasteiger partial charge in [0, 0.05) is 11.2 Å². The fourth-order valence-corrected chi connectivity index (χ4v) is 4.18. The van der Waals surface area contributed by atoms with Crippen molar-refractivity contribution in [3.63, 3.8) is 0 Å². The number of unbranched alkanes of at least 4 members (excludes halogenated alkanes) is 1. The van der Waals surface area contributed by atoms with Gasteiger partial charge in [-0.25, -0.2) is 8.78 Å². The van der Waals surface area contributed by atoms with Gasteiger partial charge >= 0.3 is 0 Å². The molecular weight excluding hydrogens is 364 g/mol. The van der Waals surface area contributed by atoms with Crippen LogP contribution in [0.5, 0.6) is 0 Å². The van der Waals surface area contributed by atoms with Gasteiger partial charge in [-0.1, -0.05) is 57.6 Å². The zero-order valence-corrected chi connectivity index (χ0v) is 18.6. The minimum atomic E-state index is -0.722. The van der Waals surface area contributed by atoms with E-state index in [1.165, 1.54) is 25.7 Å². The molecule has 0 radical (unpaired) electrons. The summed E-state index contributed by atoms with van der Waals surface area (Å²) in [5.41, 5.74) is 3.21. The number of allylic oxidation sites excluding steroid dienone is 2. The average molecular weight is 402 g/mol. The van der Waals surface area contributed by atoms with Crippen molar-refractivity contribution in [2.75, 3.05) is 0 Å². The molecule has 0 unspecified atom stereocenters. The third-order valence-corrected chi connectivity index (χ3v) is 5.75. The standard InChI is InChI=1S/C26H37F2N/c1-7-8-13-21-14-15-22(25(28)24(21)27)17-26(5,6)29-19(4)23(18(2)3)16-20-11-9-10-12-20/h14-16,20,29H,2,4,7-13,17H2,1,3,5-6H3/b23-16-. The van der Waals surface area contributed by atoms with Crippen LogP contribution in [-0.2, 0) is 12.8 Å². The largest absolute Gasteiger partial charge is 0.380 e. The van der Waals surface area contributed by atoms with E-state index in [0.29, 0.717) is 29.9 Å². The molecule has 1 aromatic carbocycles. The number of hydrogen-bond donors (Lipinski definition) is 1. The molecule has 0 amide bonds. The number of aryl methyl sites for hydroxylation is 1. The predicted molar refractivity (Wildman–Crippen MR) is 120 cm³/mol. The first-order valence-electron chi connectivity index (χ1n) is 11.0. The average Bonchev–Trinajstić information content (AvgIpc) is 3.15. The molecule has 2 rings (SSSR count). The number of rotatable bonds is 10. The molecule has 0 atom stereocenters. The number of halogens is 2. The third kappa shape index (κ3) is 6.55. The molecule has 0 aromatic heterocycles. The summed E-state index contributed by atoms with van der Waals surface area (Å²) >= 11 is 0. The van der Waals surface area contributed by atoms with Crippen LogP contribution in [0, 0.1) is 17.6 Å². The van der Waals surface area contributed by atoms with Crippen LogP contribution in [0.2, 0.25) is 0 Å². The molecule has 1 N–H and O–H groups in total. The zero-order chi connectivity index (χ0) is 21.6. The van der Waals surface area contributed by atoms with Crippen molar-refractivity contribution < 1.29 is 8.78 Å². The molecule has 1 aliphatic carbocycles. The molecule has 0 spiro atoms. The van der Waals surface area contributed by atoms with E-state index in [4.69, 9.17) is 0 Å². The lowest BCUT2D eigenvalue weighted by Crippen LogP contribution is -2.41. The van der Waals surface area contributed by atoms with Gasteiger partial charge in [0.05, 0.1) is 0 Å². The molecule has 0 aliphatic heterocycles. The molecule has 1 aliphatic rings. The third-order valence-electron chi connectivity index (χ3n) is 5.75. The second kappa shape index (κ2) is 10.2. The lowest BCUT2D eigenvalue weighted by molar-refractivity contribution is 0.411. The van der Waals surface area contributed by atoms with E-state index < -0.39 is 17.2 Å². The summed E-state index contributed by atoms with van der Waals surface area (Å²) in [6.45, 7) is 16.4. The van der Waals surface area contributed by atoms with Crippen molar-refractivity contribution in [1.29, 1.82) is 0 Å². The first kappa shape index (κ1) is 23.4. The van der Waals surface area contributed by atoms with Crippen molar-refractivity contribution in [2.24, 2.45) is 5.92 Å². The highest BCUT2D eigenvalue weighted by Gasteiger charge is 2.24. The van der Waals surface area contributed by atoms with Gasteiger partial charge in [0.1, 0.15) is 0 Å². The number of nitrogens with one attached hydrogen (secondary N) is 1. The SMILES string of the molecule is C=C(C)/C(=C/C1CCCC1)C(=C)NC(C)(C)Cc1ccc(CCCC)c(F)c1F. The van der Waals surface area contributed by atoms with Crippen LogP contribution in [0.15, 0.2) is 48.2 Å². The number of hydrogen-bond acceptors (Lipinski definition) is 1. The van der Waals surface area contributed by atoms with E-state index >= 15 is 0 Å². The minimum absolute atomic E-state index is 0.371. The summed E-state index contributed by atoms with van der Waals surface area (Å²) in [5, 5.41) is 3.44. The van der Waals surface area contributed by atoms with Crippen LogP contribution in [0.3, 0.4) is 0 Å². The topological polar surface area (TPSA) is 12.0 Å². The van der Waals surface area contributed by atoms with Crippen molar-refractivity contribution in [1.82, 2.24) is 5.32 Å². The van der Waals surface area contributed by atoms with Gasteiger partial charge in [0.15, 0.2) is 11.6 Å². The molecule has 0 heterocycles. The van der Waals surface area contributed by atoms with Crippen LogP contribution < -0.4 is 5.32 Å². The molecule has 1 saturated carbocycles. The highest BCUT2D eigenvalue weighted by Crippen LogP contribution is 2.30. The van der Waals surface area contributed by atoms with E-state index in [-0.39, 0.29) is 0 Å². The van der Waals surface area contributed by atoms with Crippen molar-refractivity contribution in [3.8, 4) is 0 Å². The lowest BCUT2D eigenvalue weighted by Gasteiger charge is -2.30. The summed E-state index contributed by atoms with van der Waals surface area (Å²) in [7, 11) is 0. The Balaban J connectivity index is 2.13. The maximum absolute atomic E-state index is 14.7. The van der Waals surface area contributed by atoms with Gasteiger partial charge in [-0.05, 0) is 81.1 Å². The summed E-state index contributed by atoms with van der Waals surface area (Å²) in [6, 6.07) is 3.46. The molecule has 1 aromatic rings. The fourth-order valence-electron chi connectivity index (χ4n) is 4.18. The van der Waals surface area contributed by atoms with Crippen LogP contribution in [0.1, 0.15) is 77.3 Å². The maximum atomic E-state index is 14.7. The van der Waals surface area contributed by atoms with Crippen molar-refractivity contribution in [2.45, 2.75) is 84.6 Å². The van der Waals surface area contributed by atoms with Crippen LogP contribution in [0.4, 0.5) is 8.78 Å². The Morgan fingerprint density at radius 1 is 1.14 bits per heavy atom. The van der Waals surface area contributed by atoms with E-state index in [9.17, 15) is 8.78 Å². The van der Waals surface area contributed by atoms with Gasteiger partial charge in [0.25, 0.3) is 0 Å². The maximum Gasteiger partial charge on any atom is 0.162 e. The smallest absolute Gasteiger partial charge is 0.162 e. The Bertz CT molecular complexity index is 767. The van der Waals surface area contributed by atoms with E-state index in [0.717, 1.165) is 29.7 Å². The predicted octanol–water partition coefficient (Wildman–Crippen LogP) is 7.42. The summed E-state index contributed by atoms with van der Waals surface area (Å²) in [6.07, 6.45) is 10.0. The van der Waals surface area contributed by atoms with Gasteiger partial charge < -0.3 is 5.32 Å². The molecule has 1 nitrogen and oxygen atoms in total. The van der Waals surface area contributed by atoms with Gasteiger partial charge in [-0.15, -0.1) is 0 Å². The van der Waals surface area contributed by atoms with Gasteiger partial charge in [0.2, 0.25) is 0 Å². The molecule has 29 heavy (non-hydrogen) atoms. The monoisotopic (exact) mass is 401 g/mol. The van der Waals surface area contributed by atoms with E-state index in [1.807, 2.05) is 27.7 Å². The second-order valence-corrected chi connectivity index (χ2v) is 9.18. The van der Waals surface area contributed by atoms with Crippen LogP contribution in [0.25, 0.3) is 0 Å². The Morgan fingerprint density at radius 3 is 2.31 bits per heavy atom. The Hall–Kier alpha value is -1.90. The normalized spacial score (nSPS) is 15.6. The Morgan fingerprint density at radius 2 is 1.72 bits per heavy atom. The summed E-state index contributed by atoms with van der Waals surface area (Å²) in [5.74, 6) is -0.847. The van der Waals surface area contributed by atoms with Gasteiger partial charge in [-0.3, -0.25) is 0 Å². The Labute approximate surface area is 176 Å². The van der Waals surface area contributed by atoms with E-state index in [1.54, 1.807) is 12.1 Å². The fraction of sp³-hybridized carbons (Fsp3) is 0.538. The molecule has 0 saturated heterocycles. The highest BCUT2D eigenvalue weighted by molar-refractivity contribution is 5.43. The lowest BCUT2D eigenvalue weighted by atomic mass is 9.91.